The second-order valence-electron chi connectivity index (χ2n) is 14.3. The molecule has 280 valence electrons. The molecule has 9 heteroatoms. The predicted molar refractivity (Wildman–Crippen MR) is 210 cm³/mol. The van der Waals surface area contributed by atoms with Gasteiger partial charge in [0.15, 0.2) is 6.29 Å². The molecule has 2 aliphatic heterocycles. The fourth-order valence-electron chi connectivity index (χ4n) is 7.27. The number of carbonyl (C=O) groups is 2. The average Bonchev–Trinajstić information content (AvgIpc) is 3.20. The zero-order chi connectivity index (χ0) is 36.8. The van der Waals surface area contributed by atoms with Crippen molar-refractivity contribution < 1.29 is 24.2 Å². The summed E-state index contributed by atoms with van der Waals surface area (Å²) in [5.41, 5.74) is 13.3. The molecule has 2 amide bonds. The minimum Gasteiger partial charge on any atom is -0.397 e. The molecule has 6 rings (SSSR count). The number of nitrogens with one attached hydrogen (secondary N) is 2. The van der Waals surface area contributed by atoms with Gasteiger partial charge in [-0.25, -0.2) is 0 Å². The molecule has 0 radical (unpaired) electrons. The molecule has 3 unspecified atom stereocenters. The van der Waals surface area contributed by atoms with Gasteiger partial charge < -0.3 is 35.8 Å². The van der Waals surface area contributed by atoms with Gasteiger partial charge in [0.1, 0.15) is 0 Å². The van der Waals surface area contributed by atoms with Crippen molar-refractivity contribution in [2.45, 2.75) is 95.9 Å². The van der Waals surface area contributed by atoms with Crippen molar-refractivity contribution in [3.8, 4) is 11.1 Å². The standard InChI is InChI=1S/C44H54N4O5/c45-39-14-8-9-15-40(39)47-43(51)17-5-2-1-4-16-42(50)46-29-36-12-6-7-13-38(36)33-22-24-35(25-23-33)44-52-37(30-48-26-10-3-11-27-48)28-41(53-44)34-20-18-32(31-49)19-21-34/h6-9,12-15,18-25,37,41,44,49H,1-5,10-11,16-17,26-31,45H2,(H,46,50)(H,47,51). The normalized spacial score (nSPS) is 19.1. The second-order valence-corrected chi connectivity index (χ2v) is 14.3. The van der Waals surface area contributed by atoms with Gasteiger partial charge in [-0.2, -0.15) is 0 Å². The van der Waals surface area contributed by atoms with Crippen molar-refractivity contribution in [2.75, 3.05) is 30.7 Å². The zero-order valence-electron chi connectivity index (χ0n) is 30.7. The van der Waals surface area contributed by atoms with Gasteiger partial charge in [0.05, 0.1) is 30.2 Å². The number of nitrogen functional groups attached to an aromatic ring is 1. The summed E-state index contributed by atoms with van der Waals surface area (Å²) in [4.78, 5) is 27.5. The lowest BCUT2D eigenvalue weighted by atomic mass is 9.97. The summed E-state index contributed by atoms with van der Waals surface area (Å²) in [6, 6.07) is 31.9. The fourth-order valence-corrected chi connectivity index (χ4v) is 7.27. The number of carbonyl (C=O) groups excluding carboxylic acids is 2. The third-order valence-corrected chi connectivity index (χ3v) is 10.3. The summed E-state index contributed by atoms with van der Waals surface area (Å²) < 4.78 is 13.2. The van der Waals surface area contributed by atoms with E-state index < -0.39 is 6.29 Å². The number of piperidine rings is 1. The molecule has 2 aliphatic rings. The molecule has 0 aliphatic carbocycles. The van der Waals surface area contributed by atoms with Crippen LogP contribution in [0, 0.1) is 0 Å². The van der Waals surface area contributed by atoms with Crippen molar-refractivity contribution in [2.24, 2.45) is 0 Å². The number of amides is 2. The first kappa shape index (κ1) is 38.2. The van der Waals surface area contributed by atoms with E-state index >= 15 is 0 Å². The van der Waals surface area contributed by atoms with Crippen LogP contribution < -0.4 is 16.4 Å². The van der Waals surface area contributed by atoms with Gasteiger partial charge >= 0.3 is 0 Å². The van der Waals surface area contributed by atoms with Gasteiger partial charge in [0, 0.05) is 37.9 Å². The van der Waals surface area contributed by atoms with Crippen LogP contribution in [-0.2, 0) is 32.2 Å². The number of unbranched alkanes of at least 4 members (excludes halogenated alkanes) is 3. The smallest absolute Gasteiger partial charge is 0.224 e. The first-order valence-corrected chi connectivity index (χ1v) is 19.3. The van der Waals surface area contributed by atoms with Crippen molar-refractivity contribution in [3.05, 3.63) is 119 Å². The monoisotopic (exact) mass is 718 g/mol. The highest BCUT2D eigenvalue weighted by Crippen LogP contribution is 2.39. The van der Waals surface area contributed by atoms with Crippen LogP contribution in [0.3, 0.4) is 0 Å². The van der Waals surface area contributed by atoms with Gasteiger partial charge in [-0.15, -0.1) is 0 Å². The SMILES string of the molecule is Nc1ccccc1NC(=O)CCCCCCC(=O)NCc1ccccc1-c1ccc(C2OC(CN3CCCCC3)CC(c3ccc(CO)cc3)O2)cc1. The van der Waals surface area contributed by atoms with Crippen LogP contribution in [0.5, 0.6) is 0 Å². The van der Waals surface area contributed by atoms with Crippen LogP contribution in [0.15, 0.2) is 97.1 Å². The molecule has 0 spiro atoms. The molecule has 2 saturated heterocycles. The number of aliphatic hydroxyl groups excluding tert-OH is 1. The van der Waals surface area contributed by atoms with E-state index in [9.17, 15) is 14.7 Å². The van der Waals surface area contributed by atoms with Crippen molar-refractivity contribution in [1.82, 2.24) is 10.2 Å². The fraction of sp³-hybridized carbons (Fsp3) is 0.409. The quantitative estimate of drug-likeness (QED) is 0.0682. The minimum atomic E-state index is -0.490. The first-order chi connectivity index (χ1) is 25.9. The molecule has 0 aromatic heterocycles. The van der Waals surface area contributed by atoms with Crippen molar-refractivity contribution in [1.29, 1.82) is 0 Å². The van der Waals surface area contributed by atoms with E-state index in [0.29, 0.717) is 30.8 Å². The third kappa shape index (κ3) is 11.2. The van der Waals surface area contributed by atoms with Crippen LogP contribution in [0.2, 0.25) is 0 Å². The average molecular weight is 719 g/mol. The molecular weight excluding hydrogens is 665 g/mol. The third-order valence-electron chi connectivity index (χ3n) is 10.3. The van der Waals surface area contributed by atoms with E-state index in [1.165, 1.54) is 19.3 Å². The van der Waals surface area contributed by atoms with E-state index in [0.717, 1.165) is 85.1 Å². The highest BCUT2D eigenvalue weighted by atomic mass is 16.7. The molecule has 5 N–H and O–H groups in total. The Morgan fingerprint density at radius 3 is 2.17 bits per heavy atom. The molecule has 4 aromatic rings. The Kier molecular flexibility index (Phi) is 14.1. The lowest BCUT2D eigenvalue weighted by molar-refractivity contribution is -0.253. The van der Waals surface area contributed by atoms with Crippen LogP contribution in [0.1, 0.15) is 98.9 Å². The number of nitrogens with zero attached hydrogens (tertiary/aromatic N) is 1. The summed E-state index contributed by atoms with van der Waals surface area (Å²) in [5, 5.41) is 15.5. The molecule has 2 fully saturated rings. The topological polar surface area (TPSA) is 126 Å². The Bertz CT molecular complexity index is 1760. The summed E-state index contributed by atoms with van der Waals surface area (Å²) in [6.45, 7) is 3.59. The van der Waals surface area contributed by atoms with Gasteiger partial charge in [-0.1, -0.05) is 104 Å². The number of ether oxygens (including phenoxy) is 2. The van der Waals surface area contributed by atoms with E-state index in [1.54, 1.807) is 12.1 Å². The zero-order valence-corrected chi connectivity index (χ0v) is 30.7. The maximum Gasteiger partial charge on any atom is 0.224 e. The number of likely N-dealkylation sites (tertiary alicyclic amines) is 1. The number of nitrogens with two attached hydrogens (primary N) is 1. The lowest BCUT2D eigenvalue weighted by Gasteiger charge is -2.39. The summed E-state index contributed by atoms with van der Waals surface area (Å²) in [7, 11) is 0. The number of anilines is 2. The van der Waals surface area contributed by atoms with Crippen molar-refractivity contribution in [3.63, 3.8) is 0 Å². The number of rotatable bonds is 16. The number of aliphatic hydroxyl groups is 1. The second kappa shape index (κ2) is 19.5. The highest BCUT2D eigenvalue weighted by molar-refractivity contribution is 5.93. The van der Waals surface area contributed by atoms with Crippen molar-refractivity contribution >= 4 is 23.2 Å². The van der Waals surface area contributed by atoms with E-state index in [4.69, 9.17) is 15.2 Å². The number of hydrogen-bond acceptors (Lipinski definition) is 7. The van der Waals surface area contributed by atoms with Gasteiger partial charge in [0.2, 0.25) is 11.8 Å². The number of benzene rings is 4. The van der Waals surface area contributed by atoms with Gasteiger partial charge in [0.25, 0.3) is 0 Å². The molecule has 2 heterocycles. The van der Waals surface area contributed by atoms with E-state index in [-0.39, 0.29) is 30.6 Å². The predicted octanol–water partition coefficient (Wildman–Crippen LogP) is 8.05. The lowest BCUT2D eigenvalue weighted by Crippen LogP contribution is -2.41. The molecule has 4 aromatic carbocycles. The Balaban J connectivity index is 0.996. The molecule has 53 heavy (non-hydrogen) atoms. The Morgan fingerprint density at radius 2 is 1.43 bits per heavy atom. The van der Waals surface area contributed by atoms with Crippen LogP contribution in [-0.4, -0.2) is 47.6 Å². The number of para-hydroxylation sites is 2. The van der Waals surface area contributed by atoms with E-state index in [1.807, 2.05) is 36.4 Å². The summed E-state index contributed by atoms with van der Waals surface area (Å²) in [6.07, 6.45) is 8.22. The Labute approximate surface area is 313 Å². The highest BCUT2D eigenvalue weighted by Gasteiger charge is 2.33. The maximum absolute atomic E-state index is 12.7. The summed E-state index contributed by atoms with van der Waals surface area (Å²) >= 11 is 0. The Morgan fingerprint density at radius 1 is 0.755 bits per heavy atom. The first-order valence-electron chi connectivity index (χ1n) is 19.3. The largest absolute Gasteiger partial charge is 0.397 e. The molecule has 0 saturated carbocycles. The van der Waals surface area contributed by atoms with Gasteiger partial charge in [-0.05, 0) is 78.7 Å². The van der Waals surface area contributed by atoms with Gasteiger partial charge in [-0.3, -0.25) is 9.59 Å². The van der Waals surface area contributed by atoms with Crippen LogP contribution >= 0.6 is 0 Å². The number of hydrogen-bond donors (Lipinski definition) is 4. The minimum absolute atomic E-state index is 0.0218. The molecular formula is C44H54N4O5. The molecule has 9 nitrogen and oxygen atoms in total. The van der Waals surface area contributed by atoms with Crippen LogP contribution in [0.4, 0.5) is 11.4 Å². The maximum atomic E-state index is 12.7. The van der Waals surface area contributed by atoms with Crippen LogP contribution in [0.25, 0.3) is 11.1 Å². The van der Waals surface area contributed by atoms with E-state index in [2.05, 4.69) is 64.1 Å². The Hall–Kier alpha value is -4.54. The summed E-state index contributed by atoms with van der Waals surface area (Å²) in [5.74, 6) is -0.0182. The molecule has 0 bridgehead atoms. The molecule has 3 atom stereocenters.